The Balaban J connectivity index is 1.39. The van der Waals surface area contributed by atoms with Crippen molar-refractivity contribution in [2.24, 2.45) is 5.41 Å². The molecule has 1 atom stereocenters. The lowest BCUT2D eigenvalue weighted by molar-refractivity contribution is 0.0526. The van der Waals surface area contributed by atoms with Gasteiger partial charge in [-0.15, -0.1) is 0 Å². The topological polar surface area (TPSA) is 105 Å². The molecule has 1 aromatic heterocycles. The van der Waals surface area contributed by atoms with Crippen LogP contribution in [0.25, 0.3) is 0 Å². The van der Waals surface area contributed by atoms with Gasteiger partial charge in [-0.3, -0.25) is 4.79 Å². The van der Waals surface area contributed by atoms with Crippen LogP contribution in [0.2, 0.25) is 0 Å². The minimum atomic E-state index is -3.39. The van der Waals surface area contributed by atoms with E-state index < -0.39 is 9.84 Å². The smallest absolute Gasteiger partial charge is 0.258 e. The van der Waals surface area contributed by atoms with Gasteiger partial charge in [0.15, 0.2) is 9.84 Å². The molecule has 0 bridgehead atoms. The van der Waals surface area contributed by atoms with E-state index in [1.807, 2.05) is 11.8 Å². The highest BCUT2D eigenvalue weighted by molar-refractivity contribution is 7.90. The Morgan fingerprint density at radius 1 is 1.12 bits per heavy atom. The van der Waals surface area contributed by atoms with Crippen LogP contribution in [0.1, 0.15) is 43.0 Å². The number of anilines is 3. The molecule has 1 unspecified atom stereocenters. The van der Waals surface area contributed by atoms with Crippen LogP contribution in [0, 0.1) is 5.41 Å². The predicted octanol–water partition coefficient (Wildman–Crippen LogP) is 2.74. The van der Waals surface area contributed by atoms with Crippen molar-refractivity contribution < 1.29 is 17.9 Å². The zero-order valence-corrected chi connectivity index (χ0v) is 20.5. The maximum atomic E-state index is 13.3. The summed E-state index contributed by atoms with van der Waals surface area (Å²) >= 11 is 0. The molecule has 2 aliphatic heterocycles. The monoisotopic (exact) mass is 485 g/mol. The first-order valence-electron chi connectivity index (χ1n) is 11.8. The molecule has 3 heterocycles. The standard InChI is InChI=1S/C24H31N5O4S/c1-17-16-29(13-14-33-17)23-25-10-5-21(27-23)26-22(30)19-4-3-18(34(2,31)32)15-20(19)28-11-8-24(6-7-24)9-12-28/h3-5,10,15,17H,6-9,11-14,16H2,1-2H3,(H,25,26,27,30). The van der Waals surface area contributed by atoms with Crippen LogP contribution in [0.3, 0.4) is 0 Å². The molecule has 1 N–H and O–H groups in total. The van der Waals surface area contributed by atoms with Crippen molar-refractivity contribution in [3.8, 4) is 0 Å². The van der Waals surface area contributed by atoms with Crippen LogP contribution in [0.5, 0.6) is 0 Å². The molecule has 1 aliphatic carbocycles. The average molecular weight is 486 g/mol. The molecule has 3 aliphatic rings. The number of hydrogen-bond donors (Lipinski definition) is 1. The van der Waals surface area contributed by atoms with Gasteiger partial charge < -0.3 is 19.9 Å². The van der Waals surface area contributed by atoms with E-state index in [0.717, 1.165) is 25.9 Å². The first kappa shape index (κ1) is 23.0. The van der Waals surface area contributed by atoms with Crippen molar-refractivity contribution in [1.29, 1.82) is 0 Å². The van der Waals surface area contributed by atoms with Crippen molar-refractivity contribution in [1.82, 2.24) is 9.97 Å². The highest BCUT2D eigenvalue weighted by Gasteiger charge is 2.44. The second-order valence-electron chi connectivity index (χ2n) is 9.76. The molecule has 10 heteroatoms. The number of ether oxygens (including phenoxy) is 1. The van der Waals surface area contributed by atoms with Gasteiger partial charge in [-0.25, -0.2) is 13.4 Å². The number of hydrogen-bond acceptors (Lipinski definition) is 8. The fourth-order valence-electron chi connectivity index (χ4n) is 4.85. The number of amides is 1. The number of rotatable bonds is 5. The Bertz CT molecular complexity index is 1190. The molecule has 3 fully saturated rings. The maximum absolute atomic E-state index is 13.3. The third-order valence-electron chi connectivity index (χ3n) is 7.17. The molecule has 5 rings (SSSR count). The summed E-state index contributed by atoms with van der Waals surface area (Å²) in [7, 11) is -3.39. The Morgan fingerprint density at radius 3 is 2.56 bits per heavy atom. The molecular formula is C24H31N5O4S. The van der Waals surface area contributed by atoms with Gasteiger partial charge in [0.1, 0.15) is 5.82 Å². The lowest BCUT2D eigenvalue weighted by Crippen LogP contribution is -2.42. The molecule has 182 valence electrons. The van der Waals surface area contributed by atoms with E-state index in [1.165, 1.54) is 25.2 Å². The molecule has 2 aromatic rings. The van der Waals surface area contributed by atoms with Gasteiger partial charge in [-0.05, 0) is 62.3 Å². The number of benzene rings is 1. The number of aromatic nitrogens is 2. The number of morpholine rings is 1. The van der Waals surface area contributed by atoms with Crippen LogP contribution in [-0.4, -0.2) is 69.4 Å². The molecular weight excluding hydrogens is 454 g/mol. The van der Waals surface area contributed by atoms with Gasteiger partial charge in [-0.1, -0.05) is 0 Å². The highest BCUT2D eigenvalue weighted by atomic mass is 32.2. The lowest BCUT2D eigenvalue weighted by Gasteiger charge is -2.35. The van der Waals surface area contributed by atoms with Crippen molar-refractivity contribution in [3.63, 3.8) is 0 Å². The molecule has 1 saturated carbocycles. The summed E-state index contributed by atoms with van der Waals surface area (Å²) in [5.41, 5.74) is 1.58. The van der Waals surface area contributed by atoms with E-state index in [1.54, 1.807) is 24.4 Å². The van der Waals surface area contributed by atoms with Crippen LogP contribution >= 0.6 is 0 Å². The summed E-state index contributed by atoms with van der Waals surface area (Å²) in [5, 5.41) is 2.89. The van der Waals surface area contributed by atoms with Gasteiger partial charge in [0.2, 0.25) is 5.95 Å². The van der Waals surface area contributed by atoms with Crippen LogP contribution in [0.15, 0.2) is 35.4 Å². The quantitative estimate of drug-likeness (QED) is 0.689. The van der Waals surface area contributed by atoms with Crippen molar-refractivity contribution in [2.75, 3.05) is 54.2 Å². The second-order valence-corrected chi connectivity index (χ2v) is 11.8. The van der Waals surface area contributed by atoms with E-state index >= 15 is 0 Å². The number of carbonyl (C=O) groups is 1. The zero-order chi connectivity index (χ0) is 23.9. The van der Waals surface area contributed by atoms with E-state index in [9.17, 15) is 13.2 Å². The fraction of sp³-hybridized carbons (Fsp3) is 0.542. The summed E-state index contributed by atoms with van der Waals surface area (Å²) < 4.78 is 30.0. The summed E-state index contributed by atoms with van der Waals surface area (Å²) in [6.07, 6.45) is 7.60. The minimum absolute atomic E-state index is 0.0887. The Morgan fingerprint density at radius 2 is 1.88 bits per heavy atom. The van der Waals surface area contributed by atoms with Gasteiger partial charge >= 0.3 is 0 Å². The lowest BCUT2D eigenvalue weighted by atomic mass is 9.93. The molecule has 1 amide bonds. The number of carbonyl (C=O) groups excluding carboxylic acids is 1. The maximum Gasteiger partial charge on any atom is 0.258 e. The summed E-state index contributed by atoms with van der Waals surface area (Å²) in [5.74, 6) is 0.635. The molecule has 1 spiro atoms. The van der Waals surface area contributed by atoms with Crippen LogP contribution in [-0.2, 0) is 14.6 Å². The fourth-order valence-corrected chi connectivity index (χ4v) is 5.49. The van der Waals surface area contributed by atoms with Crippen molar-refractivity contribution in [2.45, 2.75) is 43.6 Å². The zero-order valence-electron chi connectivity index (χ0n) is 19.7. The second kappa shape index (κ2) is 8.81. The highest BCUT2D eigenvalue weighted by Crippen LogP contribution is 2.54. The number of nitrogens with zero attached hydrogens (tertiary/aromatic N) is 4. The third-order valence-corrected chi connectivity index (χ3v) is 8.28. The number of piperidine rings is 1. The Labute approximate surface area is 200 Å². The first-order chi connectivity index (χ1) is 16.2. The van der Waals surface area contributed by atoms with Gasteiger partial charge in [-0.2, -0.15) is 4.98 Å². The molecule has 0 radical (unpaired) electrons. The SMILES string of the molecule is CC1CN(c2nccc(NC(=O)c3ccc(S(C)(=O)=O)cc3N3CCC4(CC3)CC4)n2)CCO1. The molecule has 1 aromatic carbocycles. The number of nitrogens with one attached hydrogen (secondary N) is 1. The van der Waals surface area contributed by atoms with Gasteiger partial charge in [0.05, 0.1) is 28.9 Å². The summed E-state index contributed by atoms with van der Waals surface area (Å²) in [6, 6.07) is 6.40. The average Bonchev–Trinajstić information content (AvgIpc) is 3.57. The first-order valence-corrected chi connectivity index (χ1v) is 13.7. The number of sulfone groups is 1. The summed E-state index contributed by atoms with van der Waals surface area (Å²) in [4.78, 5) is 26.6. The van der Waals surface area contributed by atoms with Crippen molar-refractivity contribution >= 4 is 33.2 Å². The molecule has 2 saturated heterocycles. The van der Waals surface area contributed by atoms with E-state index in [4.69, 9.17) is 4.74 Å². The Kier molecular flexibility index (Phi) is 5.97. The van der Waals surface area contributed by atoms with Gasteiger partial charge in [0.25, 0.3) is 5.91 Å². The normalized spacial score (nSPS) is 22.0. The minimum Gasteiger partial charge on any atom is -0.375 e. The van der Waals surface area contributed by atoms with Gasteiger partial charge in [0, 0.05) is 38.6 Å². The molecule has 9 nitrogen and oxygen atoms in total. The third kappa shape index (κ3) is 4.88. The Hall–Kier alpha value is -2.72. The van der Waals surface area contributed by atoms with E-state index in [0.29, 0.717) is 48.1 Å². The molecule has 34 heavy (non-hydrogen) atoms. The van der Waals surface area contributed by atoms with Crippen LogP contribution < -0.4 is 15.1 Å². The van der Waals surface area contributed by atoms with E-state index in [-0.39, 0.29) is 16.9 Å². The predicted molar refractivity (Wildman–Crippen MR) is 130 cm³/mol. The van der Waals surface area contributed by atoms with Crippen LogP contribution in [0.4, 0.5) is 17.5 Å². The van der Waals surface area contributed by atoms with Crippen molar-refractivity contribution in [3.05, 3.63) is 36.0 Å². The largest absolute Gasteiger partial charge is 0.375 e. The summed E-state index contributed by atoms with van der Waals surface area (Å²) in [6.45, 7) is 5.63. The van der Waals surface area contributed by atoms with E-state index in [2.05, 4.69) is 20.2 Å².